The molecule has 0 aromatic heterocycles. The normalized spacial score (nSPS) is 41.1. The monoisotopic (exact) mass is 213 g/mol. The number of rotatable bonds is 2. The van der Waals surface area contributed by atoms with Gasteiger partial charge in [-0.25, -0.2) is 0 Å². The molecule has 14 heavy (non-hydrogen) atoms. The van der Waals surface area contributed by atoms with Crippen molar-refractivity contribution in [2.24, 2.45) is 17.6 Å². The van der Waals surface area contributed by atoms with Gasteiger partial charge in [0.1, 0.15) is 0 Å². The molecule has 0 bridgehead atoms. The van der Waals surface area contributed by atoms with Crippen LogP contribution < -0.4 is 5.73 Å². The first-order valence-electron chi connectivity index (χ1n) is 6.14. The van der Waals surface area contributed by atoms with Crippen LogP contribution in [-0.2, 0) is 0 Å². The molecule has 2 aliphatic rings. The van der Waals surface area contributed by atoms with Crippen LogP contribution in [-0.4, -0.2) is 17.0 Å². The van der Waals surface area contributed by atoms with Gasteiger partial charge < -0.3 is 5.73 Å². The summed E-state index contributed by atoms with van der Waals surface area (Å²) in [5, 5.41) is 0.786. The smallest absolute Gasteiger partial charge is 0.0202 e. The molecule has 82 valence electrons. The summed E-state index contributed by atoms with van der Waals surface area (Å²) in [5.41, 5.74) is 6.38. The molecule has 2 fully saturated rings. The molecule has 2 N–H and O–H groups in total. The van der Waals surface area contributed by atoms with Crippen LogP contribution in [0.3, 0.4) is 0 Å². The van der Waals surface area contributed by atoms with E-state index in [1.807, 2.05) is 0 Å². The lowest BCUT2D eigenvalue weighted by atomic mass is 9.78. The molecule has 2 atom stereocenters. The second kappa shape index (κ2) is 4.89. The summed E-state index contributed by atoms with van der Waals surface area (Å²) < 4.78 is 0. The molecule has 0 aromatic rings. The Balaban J connectivity index is 1.82. The number of thioether (sulfide) groups is 1. The van der Waals surface area contributed by atoms with Gasteiger partial charge in [0.05, 0.1) is 0 Å². The highest BCUT2D eigenvalue weighted by Crippen LogP contribution is 2.36. The van der Waals surface area contributed by atoms with Gasteiger partial charge in [-0.05, 0) is 43.3 Å². The fourth-order valence-corrected chi connectivity index (χ4v) is 4.29. The topological polar surface area (TPSA) is 26.0 Å². The lowest BCUT2D eigenvalue weighted by Crippen LogP contribution is -2.40. The third kappa shape index (κ3) is 2.46. The fourth-order valence-electron chi connectivity index (χ4n) is 2.88. The van der Waals surface area contributed by atoms with Crippen molar-refractivity contribution in [3.05, 3.63) is 0 Å². The Kier molecular flexibility index (Phi) is 3.78. The molecule has 1 heterocycles. The number of hydrogen-bond donors (Lipinski definition) is 1. The molecule has 0 radical (unpaired) electrons. The zero-order valence-electron chi connectivity index (χ0n) is 9.24. The van der Waals surface area contributed by atoms with Crippen molar-refractivity contribution in [1.82, 2.24) is 0 Å². The Labute approximate surface area is 92.2 Å². The maximum atomic E-state index is 6.38. The van der Waals surface area contributed by atoms with E-state index in [4.69, 9.17) is 5.73 Å². The number of nitrogens with two attached hydrogens (primary N) is 1. The SMILES string of the molecule is CC1CCC(C(N)C2CCCS2)CC1. The second-order valence-corrected chi connectivity index (χ2v) is 6.50. The summed E-state index contributed by atoms with van der Waals surface area (Å²) in [6, 6.07) is 0.495. The zero-order valence-corrected chi connectivity index (χ0v) is 10.1. The van der Waals surface area contributed by atoms with Gasteiger partial charge in [0.25, 0.3) is 0 Å². The van der Waals surface area contributed by atoms with Crippen molar-refractivity contribution >= 4 is 11.8 Å². The standard InChI is InChI=1S/C12H23NS/c1-9-4-6-10(7-5-9)12(13)11-3-2-8-14-11/h9-12H,2-8,13H2,1H3. The zero-order chi connectivity index (χ0) is 9.97. The lowest BCUT2D eigenvalue weighted by molar-refractivity contribution is 0.250. The van der Waals surface area contributed by atoms with E-state index in [2.05, 4.69) is 18.7 Å². The molecule has 1 aliphatic carbocycles. The van der Waals surface area contributed by atoms with Crippen LogP contribution in [0, 0.1) is 11.8 Å². The van der Waals surface area contributed by atoms with Crippen LogP contribution in [0.2, 0.25) is 0 Å². The Morgan fingerprint density at radius 3 is 2.43 bits per heavy atom. The average molecular weight is 213 g/mol. The van der Waals surface area contributed by atoms with Crippen LogP contribution in [0.25, 0.3) is 0 Å². The summed E-state index contributed by atoms with van der Waals surface area (Å²) in [4.78, 5) is 0. The first kappa shape index (κ1) is 10.8. The molecule has 1 nitrogen and oxygen atoms in total. The summed E-state index contributed by atoms with van der Waals surface area (Å²) in [6.07, 6.45) is 8.37. The molecule has 1 aliphatic heterocycles. The van der Waals surface area contributed by atoms with Gasteiger partial charge in [0.15, 0.2) is 0 Å². The van der Waals surface area contributed by atoms with Gasteiger partial charge in [0.2, 0.25) is 0 Å². The van der Waals surface area contributed by atoms with Gasteiger partial charge in [-0.15, -0.1) is 0 Å². The minimum absolute atomic E-state index is 0.495. The molecule has 1 saturated carbocycles. The van der Waals surface area contributed by atoms with Gasteiger partial charge in [-0.1, -0.05) is 19.8 Å². The average Bonchev–Trinajstić information content (AvgIpc) is 2.71. The van der Waals surface area contributed by atoms with Crippen molar-refractivity contribution in [2.75, 3.05) is 5.75 Å². The lowest BCUT2D eigenvalue weighted by Gasteiger charge is -2.33. The molecule has 1 saturated heterocycles. The maximum absolute atomic E-state index is 6.38. The van der Waals surface area contributed by atoms with E-state index in [-0.39, 0.29) is 0 Å². The molecular formula is C12H23NS. The highest BCUT2D eigenvalue weighted by Gasteiger charge is 2.31. The molecular weight excluding hydrogens is 190 g/mol. The third-order valence-electron chi connectivity index (χ3n) is 4.00. The molecule has 2 heteroatoms. The summed E-state index contributed by atoms with van der Waals surface area (Å²) in [7, 11) is 0. The van der Waals surface area contributed by atoms with Crippen LogP contribution in [0.4, 0.5) is 0 Å². The summed E-state index contributed by atoms with van der Waals surface area (Å²) in [5.74, 6) is 3.14. The Morgan fingerprint density at radius 2 is 1.86 bits per heavy atom. The third-order valence-corrected chi connectivity index (χ3v) is 5.50. The highest BCUT2D eigenvalue weighted by atomic mass is 32.2. The second-order valence-electron chi connectivity index (χ2n) is 5.15. The molecule has 2 rings (SSSR count). The van der Waals surface area contributed by atoms with Crippen molar-refractivity contribution in [3.63, 3.8) is 0 Å². The Hall–Kier alpha value is 0.310. The summed E-state index contributed by atoms with van der Waals surface area (Å²) in [6.45, 7) is 2.38. The van der Waals surface area contributed by atoms with Gasteiger partial charge in [0, 0.05) is 11.3 Å². The van der Waals surface area contributed by atoms with Crippen LogP contribution in [0.1, 0.15) is 45.4 Å². The maximum Gasteiger partial charge on any atom is 0.0202 e. The highest BCUT2D eigenvalue weighted by molar-refractivity contribution is 8.00. The minimum atomic E-state index is 0.495. The quantitative estimate of drug-likeness (QED) is 0.763. The van der Waals surface area contributed by atoms with E-state index < -0.39 is 0 Å². The molecule has 0 amide bonds. The molecule has 0 spiro atoms. The van der Waals surface area contributed by atoms with Crippen molar-refractivity contribution in [1.29, 1.82) is 0 Å². The van der Waals surface area contributed by atoms with Gasteiger partial charge >= 0.3 is 0 Å². The van der Waals surface area contributed by atoms with Crippen molar-refractivity contribution in [3.8, 4) is 0 Å². The summed E-state index contributed by atoms with van der Waals surface area (Å²) >= 11 is 2.12. The van der Waals surface area contributed by atoms with E-state index in [0.717, 1.165) is 17.1 Å². The Morgan fingerprint density at radius 1 is 1.14 bits per heavy atom. The first-order chi connectivity index (χ1) is 6.77. The molecule has 0 aromatic carbocycles. The minimum Gasteiger partial charge on any atom is -0.326 e. The molecule has 2 unspecified atom stereocenters. The predicted octanol–water partition coefficient (Wildman–Crippen LogP) is 3.04. The van der Waals surface area contributed by atoms with Crippen molar-refractivity contribution < 1.29 is 0 Å². The Bertz CT molecular complexity index is 169. The number of hydrogen-bond acceptors (Lipinski definition) is 2. The van der Waals surface area contributed by atoms with Gasteiger partial charge in [-0.3, -0.25) is 0 Å². The van der Waals surface area contributed by atoms with Crippen LogP contribution in [0.15, 0.2) is 0 Å². The van der Waals surface area contributed by atoms with E-state index in [1.54, 1.807) is 0 Å². The van der Waals surface area contributed by atoms with Gasteiger partial charge in [-0.2, -0.15) is 11.8 Å². The van der Waals surface area contributed by atoms with E-state index in [1.165, 1.54) is 44.3 Å². The van der Waals surface area contributed by atoms with E-state index in [9.17, 15) is 0 Å². The fraction of sp³-hybridized carbons (Fsp3) is 1.00. The van der Waals surface area contributed by atoms with Crippen LogP contribution >= 0.6 is 11.8 Å². The van der Waals surface area contributed by atoms with E-state index in [0.29, 0.717) is 6.04 Å². The van der Waals surface area contributed by atoms with E-state index >= 15 is 0 Å². The van der Waals surface area contributed by atoms with Crippen molar-refractivity contribution in [2.45, 2.75) is 56.7 Å². The van der Waals surface area contributed by atoms with Crippen LogP contribution in [0.5, 0.6) is 0 Å². The largest absolute Gasteiger partial charge is 0.326 e. The predicted molar refractivity (Wildman–Crippen MR) is 64.6 cm³/mol. The first-order valence-corrected chi connectivity index (χ1v) is 7.19.